The predicted molar refractivity (Wildman–Crippen MR) is 75.8 cm³/mol. The van der Waals surface area contributed by atoms with Crippen molar-refractivity contribution in [2.24, 2.45) is 0 Å². The van der Waals surface area contributed by atoms with Crippen molar-refractivity contribution >= 4 is 33.4 Å². The molecular formula is C13H12BrN3O2. The van der Waals surface area contributed by atoms with Crippen LogP contribution in [0.25, 0.3) is 0 Å². The smallest absolute Gasteiger partial charge is 0.336 e. The number of rotatable bonds is 4. The van der Waals surface area contributed by atoms with Crippen LogP contribution in [0.5, 0.6) is 0 Å². The normalized spacial score (nSPS) is 10.2. The van der Waals surface area contributed by atoms with Crippen molar-refractivity contribution in [2.45, 2.75) is 13.3 Å². The van der Waals surface area contributed by atoms with Crippen molar-refractivity contribution in [3.8, 4) is 0 Å². The van der Waals surface area contributed by atoms with Crippen molar-refractivity contribution in [3.05, 3.63) is 46.3 Å². The number of aromatic carboxylic acids is 1. The standard InChI is InChI=1S/C13H12BrN3O2/c1-2-8-6-12(16-7-15-8)17-9-3-4-11(14)10(5-9)13(18)19/h3-7H,2H2,1H3,(H,18,19)(H,15,16,17). The molecule has 0 spiro atoms. The van der Waals surface area contributed by atoms with Crippen molar-refractivity contribution in [1.82, 2.24) is 9.97 Å². The van der Waals surface area contributed by atoms with Crippen LogP contribution in [0.1, 0.15) is 23.0 Å². The highest BCUT2D eigenvalue weighted by Gasteiger charge is 2.09. The van der Waals surface area contributed by atoms with Crippen molar-refractivity contribution < 1.29 is 9.90 Å². The average molecular weight is 322 g/mol. The van der Waals surface area contributed by atoms with Gasteiger partial charge in [-0.25, -0.2) is 14.8 Å². The van der Waals surface area contributed by atoms with Gasteiger partial charge in [0.2, 0.25) is 0 Å². The van der Waals surface area contributed by atoms with Gasteiger partial charge in [0.1, 0.15) is 12.1 Å². The molecule has 5 nitrogen and oxygen atoms in total. The quantitative estimate of drug-likeness (QED) is 0.904. The zero-order valence-corrected chi connectivity index (χ0v) is 11.8. The predicted octanol–water partition coefficient (Wildman–Crippen LogP) is 3.24. The molecule has 2 rings (SSSR count). The monoisotopic (exact) mass is 321 g/mol. The van der Waals surface area contributed by atoms with Gasteiger partial charge in [0.25, 0.3) is 0 Å². The van der Waals surface area contributed by atoms with E-state index in [4.69, 9.17) is 5.11 Å². The number of carboxylic acid groups (broad SMARTS) is 1. The van der Waals surface area contributed by atoms with Gasteiger partial charge in [0.05, 0.1) is 5.56 Å². The van der Waals surface area contributed by atoms with Crippen LogP contribution in [-0.4, -0.2) is 21.0 Å². The van der Waals surface area contributed by atoms with Crippen LogP contribution >= 0.6 is 15.9 Å². The zero-order chi connectivity index (χ0) is 13.8. The van der Waals surface area contributed by atoms with E-state index in [9.17, 15) is 4.79 Å². The average Bonchev–Trinajstić information content (AvgIpc) is 2.41. The largest absolute Gasteiger partial charge is 0.478 e. The first kappa shape index (κ1) is 13.5. The van der Waals surface area contributed by atoms with Crippen LogP contribution in [0.3, 0.4) is 0 Å². The third-order valence-electron chi connectivity index (χ3n) is 2.56. The Bertz CT molecular complexity index is 617. The Morgan fingerprint density at radius 3 is 2.84 bits per heavy atom. The SMILES string of the molecule is CCc1cc(Nc2ccc(Br)c(C(=O)O)c2)ncn1. The topological polar surface area (TPSA) is 75.1 Å². The molecule has 0 amide bonds. The summed E-state index contributed by atoms with van der Waals surface area (Å²) in [5.74, 6) is -0.335. The number of aromatic nitrogens is 2. The fourth-order valence-electron chi connectivity index (χ4n) is 1.57. The molecule has 1 heterocycles. The summed E-state index contributed by atoms with van der Waals surface area (Å²) >= 11 is 3.21. The summed E-state index contributed by atoms with van der Waals surface area (Å²) in [6.45, 7) is 2.01. The summed E-state index contributed by atoms with van der Waals surface area (Å²) in [7, 11) is 0. The van der Waals surface area contributed by atoms with Gasteiger partial charge in [0, 0.05) is 21.9 Å². The van der Waals surface area contributed by atoms with Gasteiger partial charge in [-0.05, 0) is 40.5 Å². The highest BCUT2D eigenvalue weighted by Crippen LogP contribution is 2.23. The number of carbonyl (C=O) groups is 1. The summed E-state index contributed by atoms with van der Waals surface area (Å²) in [5, 5.41) is 12.1. The minimum absolute atomic E-state index is 0.203. The second kappa shape index (κ2) is 5.79. The van der Waals surface area contributed by atoms with Crippen LogP contribution in [0.15, 0.2) is 35.1 Å². The maximum Gasteiger partial charge on any atom is 0.336 e. The van der Waals surface area contributed by atoms with Gasteiger partial charge in [-0.1, -0.05) is 6.92 Å². The van der Waals surface area contributed by atoms with Crippen LogP contribution in [-0.2, 0) is 6.42 Å². The van der Waals surface area contributed by atoms with Crippen LogP contribution in [0, 0.1) is 0 Å². The number of nitrogens with zero attached hydrogens (tertiary/aromatic N) is 2. The van der Waals surface area contributed by atoms with Gasteiger partial charge in [0.15, 0.2) is 0 Å². The lowest BCUT2D eigenvalue weighted by molar-refractivity contribution is 0.0696. The Morgan fingerprint density at radius 1 is 1.37 bits per heavy atom. The van der Waals surface area contributed by atoms with E-state index in [2.05, 4.69) is 31.2 Å². The molecule has 0 aliphatic carbocycles. The lowest BCUT2D eigenvalue weighted by Crippen LogP contribution is -2.01. The molecule has 1 aromatic carbocycles. The molecule has 0 aliphatic heterocycles. The van der Waals surface area contributed by atoms with E-state index < -0.39 is 5.97 Å². The van der Waals surface area contributed by atoms with Crippen molar-refractivity contribution in [1.29, 1.82) is 0 Å². The molecule has 1 aromatic heterocycles. The maximum absolute atomic E-state index is 11.0. The Morgan fingerprint density at radius 2 is 2.16 bits per heavy atom. The molecule has 0 fully saturated rings. The second-order valence-corrected chi connectivity index (χ2v) is 4.73. The number of aryl methyl sites for hydroxylation is 1. The second-order valence-electron chi connectivity index (χ2n) is 3.87. The molecule has 0 saturated heterocycles. The molecule has 19 heavy (non-hydrogen) atoms. The molecule has 2 N–H and O–H groups in total. The Hall–Kier alpha value is -1.95. The van der Waals surface area contributed by atoms with E-state index in [1.807, 2.05) is 13.0 Å². The molecule has 0 radical (unpaired) electrons. The Balaban J connectivity index is 2.28. The van der Waals surface area contributed by atoms with Gasteiger partial charge < -0.3 is 10.4 Å². The lowest BCUT2D eigenvalue weighted by Gasteiger charge is -2.08. The molecule has 2 aromatic rings. The molecule has 98 valence electrons. The van der Waals surface area contributed by atoms with Crippen molar-refractivity contribution in [3.63, 3.8) is 0 Å². The fourth-order valence-corrected chi connectivity index (χ4v) is 1.99. The minimum atomic E-state index is -0.979. The highest BCUT2D eigenvalue weighted by atomic mass is 79.9. The summed E-state index contributed by atoms with van der Waals surface area (Å²) in [6.07, 6.45) is 2.30. The third kappa shape index (κ3) is 3.29. The number of halogens is 1. The minimum Gasteiger partial charge on any atom is -0.478 e. The summed E-state index contributed by atoms with van der Waals surface area (Å²) in [4.78, 5) is 19.2. The van der Waals surface area contributed by atoms with Gasteiger partial charge in [-0.15, -0.1) is 0 Å². The molecule has 0 aliphatic rings. The van der Waals surface area contributed by atoms with Crippen LogP contribution < -0.4 is 5.32 Å². The number of hydrogen-bond acceptors (Lipinski definition) is 4. The number of anilines is 2. The number of benzene rings is 1. The summed E-state index contributed by atoms with van der Waals surface area (Å²) in [6, 6.07) is 6.86. The van der Waals surface area contributed by atoms with Crippen molar-refractivity contribution in [2.75, 3.05) is 5.32 Å². The molecular weight excluding hydrogens is 310 g/mol. The molecule has 6 heteroatoms. The fraction of sp³-hybridized carbons (Fsp3) is 0.154. The molecule has 0 saturated carbocycles. The van der Waals surface area contributed by atoms with E-state index in [0.29, 0.717) is 16.0 Å². The summed E-state index contributed by atoms with van der Waals surface area (Å²) < 4.78 is 0.544. The van der Waals surface area contributed by atoms with E-state index in [1.54, 1.807) is 18.2 Å². The summed E-state index contributed by atoms with van der Waals surface area (Å²) in [5.41, 5.74) is 1.80. The Kier molecular flexibility index (Phi) is 4.11. The van der Waals surface area contributed by atoms with Gasteiger partial charge in [-0.3, -0.25) is 0 Å². The van der Waals surface area contributed by atoms with Crippen LogP contribution in [0.2, 0.25) is 0 Å². The number of carboxylic acids is 1. The third-order valence-corrected chi connectivity index (χ3v) is 3.25. The number of hydrogen-bond donors (Lipinski definition) is 2. The zero-order valence-electron chi connectivity index (χ0n) is 10.2. The first-order valence-electron chi connectivity index (χ1n) is 5.71. The van der Waals surface area contributed by atoms with E-state index in [1.165, 1.54) is 6.33 Å². The lowest BCUT2D eigenvalue weighted by atomic mass is 10.2. The Labute approximate surface area is 118 Å². The van der Waals surface area contributed by atoms with Gasteiger partial charge in [-0.2, -0.15) is 0 Å². The van der Waals surface area contributed by atoms with Crippen LogP contribution in [0.4, 0.5) is 11.5 Å². The molecule has 0 atom stereocenters. The number of nitrogens with one attached hydrogen (secondary N) is 1. The van der Waals surface area contributed by atoms with E-state index >= 15 is 0 Å². The molecule has 0 bridgehead atoms. The van der Waals surface area contributed by atoms with E-state index in [-0.39, 0.29) is 5.56 Å². The van der Waals surface area contributed by atoms with Gasteiger partial charge >= 0.3 is 5.97 Å². The first-order chi connectivity index (χ1) is 9.10. The first-order valence-corrected chi connectivity index (χ1v) is 6.50. The highest BCUT2D eigenvalue weighted by molar-refractivity contribution is 9.10. The molecule has 0 unspecified atom stereocenters. The maximum atomic E-state index is 11.0. The van der Waals surface area contributed by atoms with E-state index in [0.717, 1.165) is 12.1 Å².